The number of hydrogen-bond donors (Lipinski definition) is 3. The zero-order chi connectivity index (χ0) is 20.0. The molecule has 1 aromatic heterocycles. The van der Waals surface area contributed by atoms with Gasteiger partial charge in [-0.05, 0) is 42.0 Å². The van der Waals surface area contributed by atoms with Gasteiger partial charge in [-0.3, -0.25) is 4.79 Å². The van der Waals surface area contributed by atoms with Crippen molar-refractivity contribution in [3.8, 4) is 5.69 Å². The number of aromatic nitrogens is 2. The summed E-state index contributed by atoms with van der Waals surface area (Å²) >= 11 is 0. The number of sulfonamides is 1. The van der Waals surface area contributed by atoms with Crippen molar-refractivity contribution in [1.29, 1.82) is 0 Å². The lowest BCUT2D eigenvalue weighted by Crippen LogP contribution is -2.29. The molecule has 4 N–H and O–H groups in total. The Morgan fingerprint density at radius 2 is 1.93 bits per heavy atom. The molecule has 3 aromatic rings. The Hall–Kier alpha value is -3.01. The van der Waals surface area contributed by atoms with E-state index in [9.17, 15) is 13.2 Å². The lowest BCUT2D eigenvalue weighted by Gasteiger charge is -2.10. The second-order valence-electron chi connectivity index (χ2n) is 6.02. The summed E-state index contributed by atoms with van der Waals surface area (Å²) in [5.41, 5.74) is 7.24. The van der Waals surface area contributed by atoms with Crippen molar-refractivity contribution in [3.05, 3.63) is 78.1 Å². The van der Waals surface area contributed by atoms with E-state index < -0.39 is 10.0 Å². The van der Waals surface area contributed by atoms with Crippen LogP contribution in [0.25, 0.3) is 5.69 Å². The Balaban J connectivity index is 1.72. The number of carbonyl (C=O) groups excluding carboxylic acids is 1. The largest absolute Gasteiger partial charge is 0.351 e. The number of nitrogens with one attached hydrogen (secondary N) is 2. The van der Waals surface area contributed by atoms with E-state index in [1.165, 1.54) is 18.2 Å². The van der Waals surface area contributed by atoms with Crippen LogP contribution >= 0.6 is 0 Å². The minimum absolute atomic E-state index is 0.0242. The third kappa shape index (κ3) is 4.83. The summed E-state index contributed by atoms with van der Waals surface area (Å²) in [4.78, 5) is 12.0. The molecule has 9 heteroatoms. The van der Waals surface area contributed by atoms with Crippen LogP contribution < -0.4 is 15.8 Å². The number of nitrogens with two attached hydrogens (primary N) is 1. The molecule has 3 rings (SSSR count). The maximum absolute atomic E-state index is 12.6. The molecule has 0 aliphatic rings. The molecule has 8 nitrogen and oxygen atoms in total. The predicted molar refractivity (Wildman–Crippen MR) is 105 cm³/mol. The highest BCUT2D eigenvalue weighted by atomic mass is 32.2. The first kappa shape index (κ1) is 19.7. The van der Waals surface area contributed by atoms with Gasteiger partial charge in [0.1, 0.15) is 0 Å². The molecule has 0 aliphatic carbocycles. The maximum Gasteiger partial charge on any atom is 0.251 e. The molecule has 0 aliphatic heterocycles. The van der Waals surface area contributed by atoms with Crippen molar-refractivity contribution < 1.29 is 13.2 Å². The molecule has 0 unspecified atom stereocenters. The minimum Gasteiger partial charge on any atom is -0.351 e. The lowest BCUT2D eigenvalue weighted by atomic mass is 10.2. The highest BCUT2D eigenvalue weighted by Crippen LogP contribution is 2.14. The van der Waals surface area contributed by atoms with Crippen LogP contribution in [0.2, 0.25) is 0 Å². The molecule has 28 heavy (non-hydrogen) atoms. The van der Waals surface area contributed by atoms with Crippen LogP contribution in [0.5, 0.6) is 0 Å². The van der Waals surface area contributed by atoms with Crippen LogP contribution in [0, 0.1) is 0 Å². The molecule has 0 spiro atoms. The molecule has 0 bridgehead atoms. The van der Waals surface area contributed by atoms with E-state index >= 15 is 0 Å². The SMILES string of the molecule is NCCNC(=O)c1cccc(S(=O)(=O)NCc2cccc(-n3cccn3)c2)c1. The third-order valence-electron chi connectivity index (χ3n) is 3.98. The van der Waals surface area contributed by atoms with Crippen molar-refractivity contribution >= 4 is 15.9 Å². The number of nitrogens with zero attached hydrogens (tertiary/aromatic N) is 2. The van der Waals surface area contributed by atoms with Crippen LogP contribution in [0.15, 0.2) is 71.9 Å². The topological polar surface area (TPSA) is 119 Å². The van der Waals surface area contributed by atoms with Gasteiger partial charge < -0.3 is 11.1 Å². The molecule has 1 heterocycles. The van der Waals surface area contributed by atoms with Crippen molar-refractivity contribution in [3.63, 3.8) is 0 Å². The van der Waals surface area contributed by atoms with Gasteiger partial charge in [-0.2, -0.15) is 5.10 Å². The molecule has 1 amide bonds. The number of carbonyl (C=O) groups is 1. The second-order valence-corrected chi connectivity index (χ2v) is 7.78. The average Bonchev–Trinajstić information content (AvgIpc) is 3.26. The summed E-state index contributed by atoms with van der Waals surface area (Å²) in [6, 6.07) is 15.1. The molecule has 0 radical (unpaired) electrons. The van der Waals surface area contributed by atoms with Crippen molar-refractivity contribution in [2.45, 2.75) is 11.4 Å². The monoisotopic (exact) mass is 399 g/mol. The molecule has 0 atom stereocenters. The molecule has 0 saturated heterocycles. The molecule has 2 aromatic carbocycles. The summed E-state index contributed by atoms with van der Waals surface area (Å²) in [6.45, 7) is 0.741. The van der Waals surface area contributed by atoms with Crippen LogP contribution in [-0.4, -0.2) is 37.2 Å². The number of rotatable bonds is 8. The third-order valence-corrected chi connectivity index (χ3v) is 5.38. The lowest BCUT2D eigenvalue weighted by molar-refractivity contribution is 0.0954. The minimum atomic E-state index is -3.78. The highest BCUT2D eigenvalue weighted by Gasteiger charge is 2.16. The van der Waals surface area contributed by atoms with E-state index in [1.807, 2.05) is 36.5 Å². The normalized spacial score (nSPS) is 11.3. The summed E-state index contributed by atoms with van der Waals surface area (Å²) in [5.74, 6) is -0.366. The maximum atomic E-state index is 12.6. The van der Waals surface area contributed by atoms with Gasteiger partial charge >= 0.3 is 0 Å². The smallest absolute Gasteiger partial charge is 0.251 e. The first-order chi connectivity index (χ1) is 13.5. The summed E-state index contributed by atoms with van der Waals surface area (Å²) in [6.07, 6.45) is 3.48. The summed E-state index contributed by atoms with van der Waals surface area (Å²) in [5, 5.41) is 6.78. The van der Waals surface area contributed by atoms with Gasteiger partial charge in [0.2, 0.25) is 10.0 Å². The van der Waals surface area contributed by atoms with E-state index in [0.29, 0.717) is 13.1 Å². The molecule has 0 saturated carbocycles. The van der Waals surface area contributed by atoms with E-state index in [0.717, 1.165) is 11.3 Å². The number of hydrogen-bond acceptors (Lipinski definition) is 5. The summed E-state index contributed by atoms with van der Waals surface area (Å²) < 4.78 is 29.5. The van der Waals surface area contributed by atoms with Gasteiger partial charge in [0.15, 0.2) is 0 Å². The van der Waals surface area contributed by atoms with E-state index in [-0.39, 0.29) is 22.9 Å². The second kappa shape index (κ2) is 8.79. The van der Waals surface area contributed by atoms with Crippen LogP contribution in [0.4, 0.5) is 0 Å². The Bertz CT molecular complexity index is 1050. The fourth-order valence-corrected chi connectivity index (χ4v) is 3.65. The molecule has 146 valence electrons. The summed E-state index contributed by atoms with van der Waals surface area (Å²) in [7, 11) is -3.78. The Morgan fingerprint density at radius 1 is 1.11 bits per heavy atom. The van der Waals surface area contributed by atoms with Crippen molar-refractivity contribution in [1.82, 2.24) is 19.8 Å². The predicted octanol–water partition coefficient (Wildman–Crippen LogP) is 1.04. The van der Waals surface area contributed by atoms with Gasteiger partial charge in [0, 0.05) is 37.6 Å². The average molecular weight is 399 g/mol. The zero-order valence-electron chi connectivity index (χ0n) is 15.1. The number of amides is 1. The fourth-order valence-electron chi connectivity index (χ4n) is 2.58. The van der Waals surface area contributed by atoms with Crippen molar-refractivity contribution in [2.75, 3.05) is 13.1 Å². The quantitative estimate of drug-likeness (QED) is 0.523. The zero-order valence-corrected chi connectivity index (χ0v) is 15.9. The van der Waals surface area contributed by atoms with Crippen molar-refractivity contribution in [2.24, 2.45) is 5.73 Å². The van der Waals surface area contributed by atoms with Crippen LogP contribution in [-0.2, 0) is 16.6 Å². The molecular formula is C19H21N5O3S. The van der Waals surface area contributed by atoms with E-state index in [1.54, 1.807) is 16.9 Å². The number of benzene rings is 2. The molecule has 0 fully saturated rings. The fraction of sp³-hybridized carbons (Fsp3) is 0.158. The van der Waals surface area contributed by atoms with Gasteiger partial charge in [-0.1, -0.05) is 18.2 Å². The van der Waals surface area contributed by atoms with E-state index in [2.05, 4.69) is 15.1 Å². The Kier molecular flexibility index (Phi) is 6.19. The Labute approximate surface area is 163 Å². The van der Waals surface area contributed by atoms with E-state index in [4.69, 9.17) is 5.73 Å². The molecular weight excluding hydrogens is 378 g/mol. The van der Waals surface area contributed by atoms with Gasteiger partial charge in [-0.15, -0.1) is 0 Å². The van der Waals surface area contributed by atoms with Crippen LogP contribution in [0.3, 0.4) is 0 Å². The van der Waals surface area contributed by atoms with Gasteiger partial charge in [-0.25, -0.2) is 17.8 Å². The first-order valence-corrected chi connectivity index (χ1v) is 10.1. The van der Waals surface area contributed by atoms with Gasteiger partial charge in [0.25, 0.3) is 5.91 Å². The Morgan fingerprint density at radius 3 is 2.68 bits per heavy atom. The standard InChI is InChI=1S/C19H21N5O3S/c20-8-10-21-19(25)16-5-2-7-18(13-16)28(26,27)23-14-15-4-1-6-17(12-15)24-11-3-9-22-24/h1-7,9,11-13,23H,8,10,14,20H2,(H,21,25). The van der Waals surface area contributed by atoms with Crippen LogP contribution in [0.1, 0.15) is 15.9 Å². The highest BCUT2D eigenvalue weighted by molar-refractivity contribution is 7.89. The van der Waals surface area contributed by atoms with Gasteiger partial charge in [0.05, 0.1) is 10.6 Å². The first-order valence-electron chi connectivity index (χ1n) is 8.66.